The number of phenols is 1. The van der Waals surface area contributed by atoms with Gasteiger partial charge in [0.2, 0.25) is 5.91 Å². The number of hydrazone groups is 1. The molecule has 0 unspecified atom stereocenters. The maximum absolute atomic E-state index is 11.7. The lowest BCUT2D eigenvalue weighted by molar-refractivity contribution is -0.120. The summed E-state index contributed by atoms with van der Waals surface area (Å²) in [6, 6.07) is 14.4. The molecule has 0 spiro atoms. The number of carbonyl (C=O) groups is 1. The van der Waals surface area contributed by atoms with Crippen LogP contribution in [0.5, 0.6) is 5.75 Å². The molecule has 0 bridgehead atoms. The van der Waals surface area contributed by atoms with Crippen LogP contribution in [0.2, 0.25) is 0 Å². The monoisotopic (exact) mass is 268 g/mol. The van der Waals surface area contributed by atoms with Gasteiger partial charge in [0.15, 0.2) is 0 Å². The molecule has 2 aromatic carbocycles. The molecule has 0 saturated heterocycles. The first-order chi connectivity index (χ1) is 9.63. The second kappa shape index (κ2) is 6.52. The van der Waals surface area contributed by atoms with Gasteiger partial charge in [-0.3, -0.25) is 4.79 Å². The summed E-state index contributed by atoms with van der Waals surface area (Å²) in [5, 5.41) is 13.0. The fourth-order valence-corrected chi connectivity index (χ4v) is 1.67. The summed E-state index contributed by atoms with van der Waals surface area (Å²) in [5.41, 5.74) is 5.40. The summed E-state index contributed by atoms with van der Waals surface area (Å²) in [5.74, 6) is 0.0365. The van der Waals surface area contributed by atoms with Crippen LogP contribution >= 0.6 is 0 Å². The Morgan fingerprint density at radius 2 is 1.80 bits per heavy atom. The Morgan fingerprint density at radius 1 is 1.15 bits per heavy atom. The number of hydrogen-bond donors (Lipinski definition) is 2. The zero-order valence-electron chi connectivity index (χ0n) is 11.2. The van der Waals surface area contributed by atoms with Crippen molar-refractivity contribution in [2.75, 3.05) is 0 Å². The van der Waals surface area contributed by atoms with Crippen LogP contribution in [0.15, 0.2) is 53.6 Å². The van der Waals surface area contributed by atoms with Gasteiger partial charge in [-0.15, -0.1) is 0 Å². The van der Waals surface area contributed by atoms with Crippen LogP contribution in [0.1, 0.15) is 16.7 Å². The van der Waals surface area contributed by atoms with Gasteiger partial charge in [0, 0.05) is 0 Å². The molecule has 2 aromatic rings. The molecule has 4 heteroatoms. The van der Waals surface area contributed by atoms with Crippen molar-refractivity contribution in [2.45, 2.75) is 13.3 Å². The van der Waals surface area contributed by atoms with Gasteiger partial charge in [-0.1, -0.05) is 29.8 Å². The first-order valence-electron chi connectivity index (χ1n) is 6.30. The second-order valence-corrected chi connectivity index (χ2v) is 4.55. The Balaban J connectivity index is 1.85. The van der Waals surface area contributed by atoms with E-state index >= 15 is 0 Å². The van der Waals surface area contributed by atoms with E-state index in [-0.39, 0.29) is 11.7 Å². The molecule has 0 radical (unpaired) electrons. The van der Waals surface area contributed by atoms with Gasteiger partial charge >= 0.3 is 0 Å². The van der Waals surface area contributed by atoms with E-state index in [9.17, 15) is 4.79 Å². The molecule has 0 atom stereocenters. The van der Waals surface area contributed by atoms with E-state index in [4.69, 9.17) is 5.11 Å². The first-order valence-corrected chi connectivity index (χ1v) is 6.30. The highest BCUT2D eigenvalue weighted by Crippen LogP contribution is 2.07. The third kappa shape index (κ3) is 4.24. The van der Waals surface area contributed by atoms with Crippen LogP contribution in [0.3, 0.4) is 0 Å². The van der Waals surface area contributed by atoms with E-state index in [0.717, 1.165) is 11.1 Å². The third-order valence-electron chi connectivity index (χ3n) is 2.78. The Labute approximate surface area is 117 Å². The smallest absolute Gasteiger partial charge is 0.244 e. The normalized spacial score (nSPS) is 10.7. The third-order valence-corrected chi connectivity index (χ3v) is 2.78. The van der Waals surface area contributed by atoms with E-state index in [1.807, 2.05) is 31.2 Å². The zero-order chi connectivity index (χ0) is 14.4. The van der Waals surface area contributed by atoms with E-state index in [0.29, 0.717) is 6.42 Å². The molecular formula is C16H16N2O2. The Hall–Kier alpha value is -2.62. The van der Waals surface area contributed by atoms with Crippen molar-refractivity contribution < 1.29 is 9.90 Å². The molecule has 0 heterocycles. The Bertz CT molecular complexity index is 601. The highest BCUT2D eigenvalue weighted by atomic mass is 16.3. The quantitative estimate of drug-likeness (QED) is 0.660. The first kappa shape index (κ1) is 13.8. The SMILES string of the molecule is Cc1ccc(CC(=O)NN=Cc2ccc(O)cc2)cc1. The van der Waals surface area contributed by atoms with Crippen molar-refractivity contribution in [1.82, 2.24) is 5.43 Å². The van der Waals surface area contributed by atoms with Gasteiger partial charge in [-0.25, -0.2) is 5.43 Å². The van der Waals surface area contributed by atoms with Crippen molar-refractivity contribution in [1.29, 1.82) is 0 Å². The molecule has 2 N–H and O–H groups in total. The summed E-state index contributed by atoms with van der Waals surface area (Å²) in [6.07, 6.45) is 1.83. The molecule has 0 saturated carbocycles. The number of amides is 1. The average molecular weight is 268 g/mol. The molecule has 0 fully saturated rings. The summed E-state index contributed by atoms with van der Waals surface area (Å²) in [4.78, 5) is 11.7. The highest BCUT2D eigenvalue weighted by Gasteiger charge is 2.01. The van der Waals surface area contributed by atoms with Crippen molar-refractivity contribution in [3.63, 3.8) is 0 Å². The molecule has 4 nitrogen and oxygen atoms in total. The minimum absolute atomic E-state index is 0.163. The lowest BCUT2D eigenvalue weighted by Crippen LogP contribution is -2.19. The molecule has 0 aliphatic rings. The van der Waals surface area contributed by atoms with Crippen molar-refractivity contribution >= 4 is 12.1 Å². The Kier molecular flexibility index (Phi) is 4.50. The standard InChI is InChI=1S/C16H16N2O2/c1-12-2-4-13(5-3-12)10-16(20)18-17-11-14-6-8-15(19)9-7-14/h2-9,11,19H,10H2,1H3,(H,18,20). The fourth-order valence-electron chi connectivity index (χ4n) is 1.67. The molecule has 0 aliphatic heterocycles. The maximum Gasteiger partial charge on any atom is 0.244 e. The lowest BCUT2D eigenvalue weighted by Gasteiger charge is -2.01. The van der Waals surface area contributed by atoms with Crippen LogP contribution in [-0.4, -0.2) is 17.2 Å². The molecule has 0 aromatic heterocycles. The molecular weight excluding hydrogens is 252 g/mol. The Morgan fingerprint density at radius 3 is 2.45 bits per heavy atom. The van der Waals surface area contributed by atoms with Crippen LogP contribution in [0.4, 0.5) is 0 Å². The van der Waals surface area contributed by atoms with Gasteiger partial charge in [-0.2, -0.15) is 5.10 Å². The number of carbonyl (C=O) groups excluding carboxylic acids is 1. The summed E-state index contributed by atoms with van der Waals surface area (Å²) < 4.78 is 0. The summed E-state index contributed by atoms with van der Waals surface area (Å²) in [7, 11) is 0. The van der Waals surface area contributed by atoms with Crippen LogP contribution in [-0.2, 0) is 11.2 Å². The van der Waals surface area contributed by atoms with E-state index in [1.54, 1.807) is 24.3 Å². The van der Waals surface area contributed by atoms with Gasteiger partial charge < -0.3 is 5.11 Å². The molecule has 0 aliphatic carbocycles. The van der Waals surface area contributed by atoms with E-state index in [1.165, 1.54) is 11.8 Å². The minimum atomic E-state index is -0.163. The lowest BCUT2D eigenvalue weighted by atomic mass is 10.1. The molecule has 1 amide bonds. The fraction of sp³-hybridized carbons (Fsp3) is 0.125. The number of aromatic hydroxyl groups is 1. The van der Waals surface area contributed by atoms with E-state index < -0.39 is 0 Å². The molecule has 102 valence electrons. The average Bonchev–Trinajstić information content (AvgIpc) is 2.44. The number of aryl methyl sites for hydroxylation is 1. The van der Waals surface area contributed by atoms with Crippen molar-refractivity contribution in [3.05, 3.63) is 65.2 Å². The largest absolute Gasteiger partial charge is 0.508 e. The zero-order valence-corrected chi connectivity index (χ0v) is 11.2. The van der Waals surface area contributed by atoms with Gasteiger partial charge in [-0.05, 0) is 42.3 Å². The van der Waals surface area contributed by atoms with Crippen LogP contribution < -0.4 is 5.43 Å². The summed E-state index contributed by atoms with van der Waals surface area (Å²) in [6.45, 7) is 2.01. The van der Waals surface area contributed by atoms with Crippen LogP contribution in [0, 0.1) is 6.92 Å². The number of phenolic OH excluding ortho intramolecular Hbond substituents is 1. The molecule has 2 rings (SSSR count). The van der Waals surface area contributed by atoms with Gasteiger partial charge in [0.25, 0.3) is 0 Å². The molecule has 20 heavy (non-hydrogen) atoms. The van der Waals surface area contributed by atoms with Crippen LogP contribution in [0.25, 0.3) is 0 Å². The maximum atomic E-state index is 11.7. The van der Waals surface area contributed by atoms with E-state index in [2.05, 4.69) is 10.5 Å². The predicted molar refractivity (Wildman–Crippen MR) is 78.7 cm³/mol. The second-order valence-electron chi connectivity index (χ2n) is 4.55. The highest BCUT2D eigenvalue weighted by molar-refractivity contribution is 5.83. The number of hydrogen-bond acceptors (Lipinski definition) is 3. The number of rotatable bonds is 4. The van der Waals surface area contributed by atoms with Crippen molar-refractivity contribution in [2.24, 2.45) is 5.10 Å². The predicted octanol–water partition coefficient (Wildman–Crippen LogP) is 2.39. The van der Waals surface area contributed by atoms with Gasteiger partial charge in [0.1, 0.15) is 5.75 Å². The number of nitrogens with zero attached hydrogens (tertiary/aromatic N) is 1. The number of benzene rings is 2. The number of nitrogens with one attached hydrogen (secondary N) is 1. The minimum Gasteiger partial charge on any atom is -0.508 e. The van der Waals surface area contributed by atoms with Crippen molar-refractivity contribution in [3.8, 4) is 5.75 Å². The van der Waals surface area contributed by atoms with Gasteiger partial charge in [0.05, 0.1) is 12.6 Å². The summed E-state index contributed by atoms with van der Waals surface area (Å²) >= 11 is 0. The topological polar surface area (TPSA) is 61.7 Å².